The van der Waals surface area contributed by atoms with Crippen molar-refractivity contribution >= 4 is 5.82 Å². The molecule has 2 aromatic rings. The van der Waals surface area contributed by atoms with Crippen molar-refractivity contribution in [2.24, 2.45) is 0 Å². The fourth-order valence-electron chi connectivity index (χ4n) is 1.89. The van der Waals surface area contributed by atoms with E-state index in [0.717, 1.165) is 5.56 Å². The number of hydrogen-bond acceptors (Lipinski definition) is 4. The average molecular weight is 297 g/mol. The molecule has 0 aliphatic carbocycles. The molecule has 21 heavy (non-hydrogen) atoms. The Morgan fingerprint density at radius 1 is 1.14 bits per heavy atom. The molecule has 0 fully saturated rings. The van der Waals surface area contributed by atoms with E-state index in [4.69, 9.17) is 4.74 Å². The monoisotopic (exact) mass is 297 g/mol. The van der Waals surface area contributed by atoms with Crippen molar-refractivity contribution in [3.63, 3.8) is 0 Å². The van der Waals surface area contributed by atoms with E-state index in [0.29, 0.717) is 11.3 Å². The van der Waals surface area contributed by atoms with E-state index in [-0.39, 0.29) is 11.5 Å². The lowest BCUT2D eigenvalue weighted by molar-refractivity contribution is -0.144. The number of benzene rings is 1. The molecule has 1 heterocycles. The van der Waals surface area contributed by atoms with Crippen LogP contribution in [0.5, 0.6) is 5.75 Å². The van der Waals surface area contributed by atoms with Crippen molar-refractivity contribution in [2.45, 2.75) is 13.1 Å². The Balaban J connectivity index is 2.58. The zero-order chi connectivity index (χ0) is 15.6. The van der Waals surface area contributed by atoms with Gasteiger partial charge < -0.3 is 10.1 Å². The van der Waals surface area contributed by atoms with Gasteiger partial charge in [-0.1, -0.05) is 0 Å². The molecule has 4 nitrogen and oxygen atoms in total. The van der Waals surface area contributed by atoms with Crippen LogP contribution in [0, 0.1) is 6.92 Å². The van der Waals surface area contributed by atoms with Gasteiger partial charge in [0.25, 0.3) is 0 Å². The molecule has 0 saturated carbocycles. The first-order chi connectivity index (χ1) is 9.85. The highest BCUT2D eigenvalue weighted by molar-refractivity contribution is 5.67. The van der Waals surface area contributed by atoms with Crippen molar-refractivity contribution in [1.29, 1.82) is 0 Å². The fourth-order valence-corrected chi connectivity index (χ4v) is 1.89. The van der Waals surface area contributed by atoms with Crippen LogP contribution in [-0.2, 0) is 6.18 Å². The smallest absolute Gasteiger partial charge is 0.451 e. The topological polar surface area (TPSA) is 47.0 Å². The SMILES string of the molecule is CNc1cc(-c2ccc(OC)cc2C)nc(C(F)(F)F)n1. The third kappa shape index (κ3) is 3.24. The first-order valence-corrected chi connectivity index (χ1v) is 6.14. The minimum absolute atomic E-state index is 0.113. The molecule has 0 saturated heterocycles. The van der Waals surface area contributed by atoms with Crippen LogP contribution >= 0.6 is 0 Å². The molecule has 0 bridgehead atoms. The Morgan fingerprint density at radius 2 is 1.86 bits per heavy atom. The lowest BCUT2D eigenvalue weighted by atomic mass is 10.0. The zero-order valence-electron chi connectivity index (χ0n) is 11.7. The predicted octanol–water partition coefficient (Wildman–Crippen LogP) is 3.52. The highest BCUT2D eigenvalue weighted by Crippen LogP contribution is 2.31. The molecule has 2 rings (SSSR count). The van der Waals surface area contributed by atoms with Crippen LogP contribution in [0.15, 0.2) is 24.3 Å². The maximum Gasteiger partial charge on any atom is 0.451 e. The van der Waals surface area contributed by atoms with Crippen LogP contribution < -0.4 is 10.1 Å². The highest BCUT2D eigenvalue weighted by atomic mass is 19.4. The molecule has 0 unspecified atom stereocenters. The van der Waals surface area contributed by atoms with Crippen molar-refractivity contribution in [3.05, 3.63) is 35.7 Å². The summed E-state index contributed by atoms with van der Waals surface area (Å²) in [4.78, 5) is 7.06. The minimum Gasteiger partial charge on any atom is -0.497 e. The van der Waals surface area contributed by atoms with Crippen LogP contribution in [0.1, 0.15) is 11.4 Å². The lowest BCUT2D eigenvalue weighted by Gasteiger charge is -2.12. The van der Waals surface area contributed by atoms with Gasteiger partial charge in [-0.25, -0.2) is 9.97 Å². The Bertz CT molecular complexity index is 656. The molecule has 0 radical (unpaired) electrons. The first-order valence-electron chi connectivity index (χ1n) is 6.14. The number of alkyl halides is 3. The summed E-state index contributed by atoms with van der Waals surface area (Å²) in [6, 6.07) is 6.57. The van der Waals surface area contributed by atoms with Gasteiger partial charge in [0, 0.05) is 18.7 Å². The first kappa shape index (κ1) is 15.1. The lowest BCUT2D eigenvalue weighted by Crippen LogP contribution is -2.13. The van der Waals surface area contributed by atoms with E-state index >= 15 is 0 Å². The van der Waals surface area contributed by atoms with Crippen LogP contribution in [0.4, 0.5) is 19.0 Å². The highest BCUT2D eigenvalue weighted by Gasteiger charge is 2.35. The van der Waals surface area contributed by atoms with E-state index in [1.807, 2.05) is 0 Å². The van der Waals surface area contributed by atoms with Gasteiger partial charge >= 0.3 is 6.18 Å². The van der Waals surface area contributed by atoms with Crippen LogP contribution in [0.2, 0.25) is 0 Å². The van der Waals surface area contributed by atoms with Gasteiger partial charge in [0.1, 0.15) is 11.6 Å². The number of aromatic nitrogens is 2. The van der Waals surface area contributed by atoms with Crippen LogP contribution in [-0.4, -0.2) is 24.1 Å². The third-order valence-electron chi connectivity index (χ3n) is 2.95. The number of hydrogen-bond donors (Lipinski definition) is 1. The number of aryl methyl sites for hydroxylation is 1. The second-order valence-electron chi connectivity index (χ2n) is 4.39. The number of ether oxygens (including phenoxy) is 1. The van der Waals surface area contributed by atoms with Gasteiger partial charge in [-0.05, 0) is 30.7 Å². The van der Waals surface area contributed by atoms with E-state index in [9.17, 15) is 13.2 Å². The largest absolute Gasteiger partial charge is 0.497 e. The summed E-state index contributed by atoms with van der Waals surface area (Å²) in [6.07, 6.45) is -4.60. The maximum absolute atomic E-state index is 12.8. The molecule has 0 aliphatic rings. The van der Waals surface area contributed by atoms with Gasteiger partial charge in [-0.15, -0.1) is 0 Å². The van der Waals surface area contributed by atoms with Crippen molar-refractivity contribution < 1.29 is 17.9 Å². The van der Waals surface area contributed by atoms with Gasteiger partial charge in [-0.2, -0.15) is 13.2 Å². The predicted molar refractivity (Wildman–Crippen MR) is 73.3 cm³/mol. The Kier molecular flexibility index (Phi) is 4.02. The summed E-state index contributed by atoms with van der Waals surface area (Å²) < 4.78 is 43.6. The summed E-state index contributed by atoms with van der Waals surface area (Å²) in [7, 11) is 3.03. The number of methoxy groups -OCH3 is 1. The van der Waals surface area contributed by atoms with E-state index < -0.39 is 12.0 Å². The standard InChI is InChI=1S/C14H14F3N3O/c1-8-6-9(21-3)4-5-10(8)11-7-12(18-2)20-13(19-11)14(15,16)17/h4-7H,1-3H3,(H,18,19,20). The summed E-state index contributed by atoms with van der Waals surface area (Å²) in [6.45, 7) is 1.78. The normalized spacial score (nSPS) is 11.3. The van der Waals surface area contributed by atoms with E-state index in [1.54, 1.807) is 25.1 Å². The molecule has 1 N–H and O–H groups in total. The van der Waals surface area contributed by atoms with Gasteiger partial charge in [0.15, 0.2) is 0 Å². The minimum atomic E-state index is -4.60. The second kappa shape index (κ2) is 5.59. The zero-order valence-corrected chi connectivity index (χ0v) is 11.7. The molecule has 0 aliphatic heterocycles. The Morgan fingerprint density at radius 3 is 2.38 bits per heavy atom. The number of rotatable bonds is 3. The molecule has 0 amide bonds. The fraction of sp³-hybridized carbons (Fsp3) is 0.286. The molecule has 112 valence electrons. The number of anilines is 1. The summed E-state index contributed by atoms with van der Waals surface area (Å²) in [5.41, 5.74) is 1.57. The summed E-state index contributed by atoms with van der Waals surface area (Å²) >= 11 is 0. The molecular formula is C14H14F3N3O. The number of nitrogens with one attached hydrogen (secondary N) is 1. The summed E-state index contributed by atoms with van der Waals surface area (Å²) in [5.74, 6) is -0.419. The molecule has 0 atom stereocenters. The molecule has 1 aromatic heterocycles. The molecule has 1 aromatic carbocycles. The maximum atomic E-state index is 12.8. The Hall–Kier alpha value is -2.31. The molecular weight excluding hydrogens is 283 g/mol. The van der Waals surface area contributed by atoms with E-state index in [2.05, 4.69) is 15.3 Å². The Labute approximate surface area is 120 Å². The van der Waals surface area contributed by atoms with Crippen LogP contribution in [0.3, 0.4) is 0 Å². The van der Waals surface area contributed by atoms with Crippen molar-refractivity contribution in [2.75, 3.05) is 19.5 Å². The average Bonchev–Trinajstić information content (AvgIpc) is 2.45. The van der Waals surface area contributed by atoms with Gasteiger partial charge in [-0.3, -0.25) is 0 Å². The van der Waals surface area contributed by atoms with Gasteiger partial charge in [0.05, 0.1) is 12.8 Å². The summed E-state index contributed by atoms with van der Waals surface area (Å²) in [5, 5.41) is 2.62. The van der Waals surface area contributed by atoms with Gasteiger partial charge in [0.2, 0.25) is 5.82 Å². The van der Waals surface area contributed by atoms with Crippen LogP contribution in [0.25, 0.3) is 11.3 Å². The molecule has 0 spiro atoms. The third-order valence-corrected chi connectivity index (χ3v) is 2.95. The quantitative estimate of drug-likeness (QED) is 0.941. The second-order valence-corrected chi connectivity index (χ2v) is 4.39. The number of nitrogens with zero attached hydrogens (tertiary/aromatic N) is 2. The van der Waals surface area contributed by atoms with E-state index in [1.165, 1.54) is 20.2 Å². The van der Waals surface area contributed by atoms with Crippen molar-refractivity contribution in [1.82, 2.24) is 9.97 Å². The van der Waals surface area contributed by atoms with Crippen molar-refractivity contribution in [3.8, 4) is 17.0 Å². The molecule has 7 heteroatoms. The number of halogens is 3.